The first kappa shape index (κ1) is 21.6. The molecule has 0 spiro atoms. The van der Waals surface area contributed by atoms with E-state index < -0.39 is 24.0 Å². The number of rotatable bonds is 4. The molecule has 4 nitrogen and oxygen atoms in total. The van der Waals surface area contributed by atoms with Gasteiger partial charge in [-0.3, -0.25) is 9.69 Å². The Morgan fingerprint density at radius 2 is 1.65 bits per heavy atom. The minimum absolute atomic E-state index is 0.102. The molecule has 31 heavy (non-hydrogen) atoms. The van der Waals surface area contributed by atoms with Crippen molar-refractivity contribution >= 4 is 5.91 Å². The first-order valence-corrected chi connectivity index (χ1v) is 10.3. The summed E-state index contributed by atoms with van der Waals surface area (Å²) < 4.78 is 53.1. The fourth-order valence-corrected chi connectivity index (χ4v) is 4.55. The highest BCUT2D eigenvalue weighted by Crippen LogP contribution is 2.34. The van der Waals surface area contributed by atoms with Gasteiger partial charge in [-0.25, -0.2) is 4.39 Å². The summed E-state index contributed by atoms with van der Waals surface area (Å²) in [6.07, 6.45) is -4.34. The molecule has 2 saturated heterocycles. The molecule has 2 aromatic carbocycles. The molecule has 0 radical (unpaired) electrons. The number of aromatic hydroxyl groups is 1. The molecule has 4 rings (SSSR count). The summed E-state index contributed by atoms with van der Waals surface area (Å²) >= 11 is 0. The number of hydrogen-bond acceptors (Lipinski definition) is 3. The second-order valence-electron chi connectivity index (χ2n) is 8.26. The van der Waals surface area contributed by atoms with E-state index in [1.54, 1.807) is 29.2 Å². The van der Waals surface area contributed by atoms with Crippen LogP contribution in [0.15, 0.2) is 48.5 Å². The summed E-state index contributed by atoms with van der Waals surface area (Å²) in [5, 5.41) is 9.42. The number of alkyl halides is 4. The van der Waals surface area contributed by atoms with Crippen molar-refractivity contribution in [3.63, 3.8) is 0 Å². The zero-order valence-electron chi connectivity index (χ0n) is 16.9. The number of phenols is 1. The molecule has 1 amide bonds. The van der Waals surface area contributed by atoms with Crippen molar-refractivity contribution in [1.29, 1.82) is 0 Å². The Morgan fingerprint density at radius 1 is 0.968 bits per heavy atom. The number of likely N-dealkylation sites (tertiary alicyclic amines) is 2. The third-order valence-electron chi connectivity index (χ3n) is 6.26. The molecule has 2 aromatic rings. The number of benzene rings is 2. The first-order valence-electron chi connectivity index (χ1n) is 10.3. The number of piperidine rings is 1. The van der Waals surface area contributed by atoms with Crippen LogP contribution in [-0.2, 0) is 17.5 Å². The van der Waals surface area contributed by atoms with E-state index >= 15 is 0 Å². The SMILES string of the molecule is O=C1[C@H](N2CC[C@H](c3ccc(O)cc3)[C@@H](F)C2)CCN1Cc1ccc(C(F)(F)F)cc1. The largest absolute Gasteiger partial charge is 0.508 e. The number of amides is 1. The van der Waals surface area contributed by atoms with Gasteiger partial charge in [0.05, 0.1) is 11.6 Å². The molecule has 0 bridgehead atoms. The van der Waals surface area contributed by atoms with Crippen LogP contribution < -0.4 is 0 Å². The molecule has 2 heterocycles. The Labute approximate surface area is 178 Å². The topological polar surface area (TPSA) is 43.8 Å². The van der Waals surface area contributed by atoms with Crippen molar-refractivity contribution in [2.75, 3.05) is 19.6 Å². The highest BCUT2D eigenvalue weighted by molar-refractivity contribution is 5.84. The van der Waals surface area contributed by atoms with Crippen LogP contribution in [0.4, 0.5) is 17.6 Å². The molecule has 0 saturated carbocycles. The third kappa shape index (κ3) is 4.69. The van der Waals surface area contributed by atoms with Gasteiger partial charge < -0.3 is 10.0 Å². The molecular weight excluding hydrogens is 412 g/mol. The van der Waals surface area contributed by atoms with Crippen molar-refractivity contribution < 1.29 is 27.5 Å². The molecule has 2 aliphatic heterocycles. The van der Waals surface area contributed by atoms with Gasteiger partial charge in [-0.15, -0.1) is 0 Å². The number of carbonyl (C=O) groups is 1. The zero-order chi connectivity index (χ0) is 22.2. The lowest BCUT2D eigenvalue weighted by Crippen LogP contribution is -2.49. The van der Waals surface area contributed by atoms with E-state index in [9.17, 15) is 27.5 Å². The summed E-state index contributed by atoms with van der Waals surface area (Å²) in [5.41, 5.74) is 0.760. The minimum atomic E-state index is -4.39. The molecule has 8 heteroatoms. The number of carbonyl (C=O) groups excluding carboxylic acids is 1. The molecule has 2 aliphatic rings. The lowest BCUT2D eigenvalue weighted by molar-refractivity contribution is -0.137. The highest BCUT2D eigenvalue weighted by Gasteiger charge is 2.40. The summed E-state index contributed by atoms with van der Waals surface area (Å²) in [5.74, 6) is -0.229. The normalized spacial score (nSPS) is 25.2. The average molecular weight is 436 g/mol. The van der Waals surface area contributed by atoms with Crippen molar-refractivity contribution in [2.45, 2.75) is 43.7 Å². The standard InChI is InChI=1S/C23H24F4N2O2/c24-20-14-28(11-9-19(20)16-3-7-18(30)8-4-16)21-10-12-29(22(21)31)13-15-1-5-17(6-2-15)23(25,26)27/h1-8,19-21,30H,9-14H2/t19-,20+,21-/m1/s1. The maximum Gasteiger partial charge on any atom is 0.416 e. The number of phenolic OH excluding ortho intramolecular Hbond substituents is 1. The van der Waals surface area contributed by atoms with Crippen LogP contribution in [-0.4, -0.2) is 52.7 Å². The predicted molar refractivity (Wildman–Crippen MR) is 107 cm³/mol. The van der Waals surface area contributed by atoms with Crippen LogP contribution in [0.25, 0.3) is 0 Å². The number of hydrogen-bond donors (Lipinski definition) is 1. The highest BCUT2D eigenvalue weighted by atomic mass is 19.4. The molecule has 0 aromatic heterocycles. The van der Waals surface area contributed by atoms with E-state index in [2.05, 4.69) is 0 Å². The van der Waals surface area contributed by atoms with E-state index in [-0.39, 0.29) is 30.7 Å². The van der Waals surface area contributed by atoms with E-state index in [1.165, 1.54) is 12.1 Å². The summed E-state index contributed by atoms with van der Waals surface area (Å²) in [4.78, 5) is 16.4. The van der Waals surface area contributed by atoms with Gasteiger partial charge in [0.25, 0.3) is 0 Å². The number of nitrogens with zero attached hydrogens (tertiary/aromatic N) is 2. The van der Waals surface area contributed by atoms with E-state index in [1.807, 2.05) is 4.90 Å². The zero-order valence-corrected chi connectivity index (χ0v) is 16.9. The van der Waals surface area contributed by atoms with Gasteiger partial charge in [0.2, 0.25) is 5.91 Å². The van der Waals surface area contributed by atoms with E-state index in [0.29, 0.717) is 31.5 Å². The number of halogens is 4. The fourth-order valence-electron chi connectivity index (χ4n) is 4.55. The Hall–Kier alpha value is -2.61. The van der Waals surface area contributed by atoms with E-state index in [0.717, 1.165) is 17.7 Å². The van der Waals surface area contributed by atoms with E-state index in [4.69, 9.17) is 0 Å². The summed E-state index contributed by atoms with van der Waals surface area (Å²) in [6, 6.07) is 11.0. The maximum atomic E-state index is 14.9. The van der Waals surface area contributed by atoms with Crippen LogP contribution in [0.2, 0.25) is 0 Å². The monoisotopic (exact) mass is 436 g/mol. The Kier molecular flexibility index (Phi) is 5.92. The van der Waals surface area contributed by atoms with Crippen LogP contribution in [0, 0.1) is 0 Å². The first-order chi connectivity index (χ1) is 14.7. The third-order valence-corrected chi connectivity index (χ3v) is 6.26. The second kappa shape index (κ2) is 8.49. The lowest BCUT2D eigenvalue weighted by atomic mass is 9.87. The minimum Gasteiger partial charge on any atom is -0.508 e. The van der Waals surface area contributed by atoms with Crippen molar-refractivity contribution in [1.82, 2.24) is 9.80 Å². The van der Waals surface area contributed by atoms with Crippen LogP contribution in [0.5, 0.6) is 5.75 Å². The molecule has 0 aliphatic carbocycles. The van der Waals surface area contributed by atoms with Crippen LogP contribution in [0.1, 0.15) is 35.4 Å². The average Bonchev–Trinajstić information content (AvgIpc) is 3.09. The van der Waals surface area contributed by atoms with Crippen molar-refractivity contribution in [3.8, 4) is 5.75 Å². The molecule has 3 atom stereocenters. The second-order valence-corrected chi connectivity index (χ2v) is 8.26. The van der Waals surface area contributed by atoms with Gasteiger partial charge in [-0.05, 0) is 54.8 Å². The van der Waals surface area contributed by atoms with Gasteiger partial charge in [-0.2, -0.15) is 13.2 Å². The molecular formula is C23H24F4N2O2. The molecule has 0 unspecified atom stereocenters. The van der Waals surface area contributed by atoms with Gasteiger partial charge in [0.15, 0.2) is 0 Å². The molecule has 166 valence electrons. The molecule has 1 N–H and O–H groups in total. The quantitative estimate of drug-likeness (QED) is 0.726. The smallest absolute Gasteiger partial charge is 0.416 e. The van der Waals surface area contributed by atoms with Gasteiger partial charge in [-0.1, -0.05) is 24.3 Å². The lowest BCUT2D eigenvalue weighted by Gasteiger charge is -2.37. The van der Waals surface area contributed by atoms with Crippen LogP contribution >= 0.6 is 0 Å². The van der Waals surface area contributed by atoms with Crippen molar-refractivity contribution in [2.24, 2.45) is 0 Å². The van der Waals surface area contributed by atoms with Crippen molar-refractivity contribution in [3.05, 3.63) is 65.2 Å². The fraction of sp³-hybridized carbons (Fsp3) is 0.435. The Bertz CT molecular complexity index is 915. The predicted octanol–water partition coefficient (Wildman–Crippen LogP) is 4.34. The summed E-state index contributed by atoms with van der Waals surface area (Å²) in [6.45, 7) is 1.50. The maximum absolute atomic E-state index is 14.9. The Morgan fingerprint density at radius 3 is 2.26 bits per heavy atom. The summed E-state index contributed by atoms with van der Waals surface area (Å²) in [7, 11) is 0. The Balaban J connectivity index is 1.35. The van der Waals surface area contributed by atoms with Gasteiger partial charge in [0, 0.05) is 25.6 Å². The van der Waals surface area contributed by atoms with Crippen LogP contribution in [0.3, 0.4) is 0 Å². The van der Waals surface area contributed by atoms with Gasteiger partial charge >= 0.3 is 6.18 Å². The molecule has 2 fully saturated rings. The van der Waals surface area contributed by atoms with Gasteiger partial charge in [0.1, 0.15) is 11.9 Å².